The van der Waals surface area contributed by atoms with Crippen molar-refractivity contribution in [3.05, 3.63) is 71.9 Å². The maximum Gasteiger partial charge on any atom is 0.309 e. The van der Waals surface area contributed by atoms with Gasteiger partial charge in [-0.1, -0.05) is 48.5 Å². The molecule has 116 valence electrons. The molecule has 1 aromatic heterocycles. The van der Waals surface area contributed by atoms with Crippen LogP contribution in [0.4, 0.5) is 5.69 Å². The Balaban J connectivity index is 1.99. The molecule has 0 spiro atoms. The van der Waals surface area contributed by atoms with Gasteiger partial charge in [0.15, 0.2) is 0 Å². The Morgan fingerprint density at radius 2 is 1.83 bits per heavy atom. The van der Waals surface area contributed by atoms with E-state index >= 15 is 0 Å². The number of carboxylic acid groups (broad SMARTS) is 1. The van der Waals surface area contributed by atoms with Gasteiger partial charge in [-0.2, -0.15) is 0 Å². The summed E-state index contributed by atoms with van der Waals surface area (Å²) in [4.78, 5) is 15.4. The molecule has 3 aromatic rings. The standard InChI is InChI=1S/C19H18N2O2/c1-13(14-7-3-2-4-8-14)20-18-11-15(12-19(22)23)21-17-10-6-5-9-16(17)18/h2-11,13H,12H2,1H3,(H,20,21)(H,22,23). The fourth-order valence-electron chi connectivity index (χ4n) is 2.65. The monoisotopic (exact) mass is 306 g/mol. The predicted molar refractivity (Wildman–Crippen MR) is 91.6 cm³/mol. The molecule has 4 heteroatoms. The highest BCUT2D eigenvalue weighted by Crippen LogP contribution is 2.27. The smallest absolute Gasteiger partial charge is 0.309 e. The molecule has 0 amide bonds. The zero-order valence-electron chi connectivity index (χ0n) is 12.9. The molecule has 0 aliphatic carbocycles. The molecule has 3 rings (SSSR count). The van der Waals surface area contributed by atoms with Crippen LogP contribution in [0.15, 0.2) is 60.7 Å². The van der Waals surface area contributed by atoms with Crippen LogP contribution in [-0.2, 0) is 11.2 Å². The van der Waals surface area contributed by atoms with Crippen molar-refractivity contribution in [1.29, 1.82) is 0 Å². The third kappa shape index (κ3) is 3.48. The van der Waals surface area contributed by atoms with E-state index in [9.17, 15) is 4.79 Å². The minimum atomic E-state index is -0.880. The molecular formula is C19H18N2O2. The van der Waals surface area contributed by atoms with Gasteiger partial charge in [0.05, 0.1) is 17.6 Å². The topological polar surface area (TPSA) is 62.2 Å². The molecule has 0 saturated carbocycles. The number of benzene rings is 2. The van der Waals surface area contributed by atoms with Crippen molar-refractivity contribution < 1.29 is 9.90 Å². The van der Waals surface area contributed by atoms with Gasteiger partial charge < -0.3 is 10.4 Å². The van der Waals surface area contributed by atoms with Gasteiger partial charge in [0.1, 0.15) is 0 Å². The van der Waals surface area contributed by atoms with Gasteiger partial charge in [-0.05, 0) is 24.6 Å². The largest absolute Gasteiger partial charge is 0.481 e. The van der Waals surface area contributed by atoms with E-state index in [0.717, 1.165) is 16.6 Å². The van der Waals surface area contributed by atoms with E-state index in [-0.39, 0.29) is 12.5 Å². The number of carboxylic acids is 1. The van der Waals surface area contributed by atoms with Gasteiger partial charge >= 0.3 is 5.97 Å². The van der Waals surface area contributed by atoms with Crippen molar-refractivity contribution in [2.75, 3.05) is 5.32 Å². The van der Waals surface area contributed by atoms with E-state index in [4.69, 9.17) is 5.11 Å². The number of nitrogens with zero attached hydrogens (tertiary/aromatic N) is 1. The van der Waals surface area contributed by atoms with Gasteiger partial charge in [-0.15, -0.1) is 0 Å². The van der Waals surface area contributed by atoms with Crippen molar-refractivity contribution in [2.24, 2.45) is 0 Å². The first kappa shape index (κ1) is 15.0. The van der Waals surface area contributed by atoms with Crippen LogP contribution in [0, 0.1) is 0 Å². The minimum absolute atomic E-state index is 0.0841. The molecular weight excluding hydrogens is 288 g/mol. The summed E-state index contributed by atoms with van der Waals surface area (Å²) in [5, 5.41) is 13.5. The number of nitrogens with one attached hydrogen (secondary N) is 1. The highest BCUT2D eigenvalue weighted by atomic mass is 16.4. The highest BCUT2D eigenvalue weighted by Gasteiger charge is 2.11. The van der Waals surface area contributed by atoms with Crippen LogP contribution in [0.5, 0.6) is 0 Å². The van der Waals surface area contributed by atoms with Gasteiger partial charge in [-0.3, -0.25) is 9.78 Å². The second-order valence-electron chi connectivity index (χ2n) is 5.53. The molecule has 2 N–H and O–H groups in total. The summed E-state index contributed by atoms with van der Waals surface area (Å²) in [5.74, 6) is -0.880. The van der Waals surface area contributed by atoms with Crippen LogP contribution < -0.4 is 5.32 Å². The summed E-state index contributed by atoms with van der Waals surface area (Å²) in [5.41, 5.74) is 3.43. The van der Waals surface area contributed by atoms with E-state index < -0.39 is 5.97 Å². The second kappa shape index (κ2) is 6.48. The Morgan fingerprint density at radius 1 is 1.13 bits per heavy atom. The van der Waals surface area contributed by atoms with Gasteiger partial charge in [-0.25, -0.2) is 0 Å². The summed E-state index contributed by atoms with van der Waals surface area (Å²) < 4.78 is 0. The van der Waals surface area contributed by atoms with Crippen molar-refractivity contribution in [3.63, 3.8) is 0 Å². The summed E-state index contributed by atoms with van der Waals surface area (Å²) in [6.07, 6.45) is -0.0841. The number of hydrogen-bond acceptors (Lipinski definition) is 3. The molecule has 1 unspecified atom stereocenters. The number of anilines is 1. The first-order chi connectivity index (χ1) is 11.1. The number of fused-ring (bicyclic) bond motifs is 1. The maximum absolute atomic E-state index is 11.0. The summed E-state index contributed by atoms with van der Waals surface area (Å²) >= 11 is 0. The normalized spacial score (nSPS) is 12.0. The zero-order valence-corrected chi connectivity index (χ0v) is 12.9. The number of para-hydroxylation sites is 1. The Morgan fingerprint density at radius 3 is 2.57 bits per heavy atom. The molecule has 0 aliphatic rings. The third-order valence-electron chi connectivity index (χ3n) is 3.77. The fraction of sp³-hybridized carbons (Fsp3) is 0.158. The van der Waals surface area contributed by atoms with Crippen LogP contribution in [-0.4, -0.2) is 16.1 Å². The molecule has 0 bridgehead atoms. The van der Waals surface area contributed by atoms with Crippen LogP contribution in [0.25, 0.3) is 10.9 Å². The number of rotatable bonds is 5. The molecule has 1 heterocycles. The lowest BCUT2D eigenvalue weighted by atomic mass is 10.1. The minimum Gasteiger partial charge on any atom is -0.481 e. The van der Waals surface area contributed by atoms with Crippen LogP contribution >= 0.6 is 0 Å². The van der Waals surface area contributed by atoms with Crippen LogP contribution in [0.1, 0.15) is 24.2 Å². The Kier molecular flexibility index (Phi) is 4.24. The Hall–Kier alpha value is -2.88. The molecule has 2 aromatic carbocycles. The van der Waals surface area contributed by atoms with Crippen LogP contribution in [0.3, 0.4) is 0 Å². The Labute approximate surface area is 134 Å². The van der Waals surface area contributed by atoms with Crippen molar-refractivity contribution in [2.45, 2.75) is 19.4 Å². The summed E-state index contributed by atoms with van der Waals surface area (Å²) in [7, 11) is 0. The number of aliphatic carboxylic acids is 1. The van der Waals surface area contributed by atoms with E-state index in [2.05, 4.69) is 29.4 Å². The molecule has 23 heavy (non-hydrogen) atoms. The first-order valence-electron chi connectivity index (χ1n) is 7.55. The molecule has 0 fully saturated rings. The third-order valence-corrected chi connectivity index (χ3v) is 3.77. The quantitative estimate of drug-likeness (QED) is 0.747. The van der Waals surface area contributed by atoms with E-state index in [0.29, 0.717) is 5.69 Å². The van der Waals surface area contributed by atoms with E-state index in [1.54, 1.807) is 0 Å². The van der Waals surface area contributed by atoms with Gasteiger partial charge in [0, 0.05) is 17.1 Å². The Bertz CT molecular complexity index is 831. The number of aromatic nitrogens is 1. The van der Waals surface area contributed by atoms with Gasteiger partial charge in [0.2, 0.25) is 0 Å². The number of hydrogen-bond donors (Lipinski definition) is 2. The lowest BCUT2D eigenvalue weighted by Crippen LogP contribution is -2.09. The SMILES string of the molecule is CC(Nc1cc(CC(=O)O)nc2ccccc12)c1ccccc1. The average molecular weight is 306 g/mol. The zero-order chi connectivity index (χ0) is 16.2. The summed E-state index contributed by atoms with van der Waals surface area (Å²) in [6, 6.07) is 19.8. The molecule has 1 atom stereocenters. The highest BCUT2D eigenvalue weighted by molar-refractivity contribution is 5.92. The van der Waals surface area contributed by atoms with E-state index in [1.165, 1.54) is 5.56 Å². The summed E-state index contributed by atoms with van der Waals surface area (Å²) in [6.45, 7) is 2.08. The van der Waals surface area contributed by atoms with E-state index in [1.807, 2.05) is 48.5 Å². The lowest BCUT2D eigenvalue weighted by Gasteiger charge is -2.18. The first-order valence-corrected chi connectivity index (χ1v) is 7.55. The van der Waals surface area contributed by atoms with Crippen molar-refractivity contribution >= 4 is 22.6 Å². The average Bonchev–Trinajstić information content (AvgIpc) is 2.55. The van der Waals surface area contributed by atoms with Crippen LogP contribution in [0.2, 0.25) is 0 Å². The van der Waals surface area contributed by atoms with Crippen molar-refractivity contribution in [1.82, 2.24) is 4.98 Å². The molecule has 0 radical (unpaired) electrons. The molecule has 4 nitrogen and oxygen atoms in total. The molecule has 0 saturated heterocycles. The number of carbonyl (C=O) groups is 1. The predicted octanol–water partition coefficient (Wildman–Crippen LogP) is 4.04. The lowest BCUT2D eigenvalue weighted by molar-refractivity contribution is -0.136. The van der Waals surface area contributed by atoms with Crippen molar-refractivity contribution in [3.8, 4) is 0 Å². The second-order valence-corrected chi connectivity index (χ2v) is 5.53. The maximum atomic E-state index is 11.0. The molecule has 0 aliphatic heterocycles. The number of pyridine rings is 1. The van der Waals surface area contributed by atoms with Gasteiger partial charge in [0.25, 0.3) is 0 Å². The fourth-order valence-corrected chi connectivity index (χ4v) is 2.65.